The fourth-order valence-electron chi connectivity index (χ4n) is 1.07. The average Bonchev–Trinajstić information content (AvgIpc) is 2.28. The number of rotatable bonds is 10. The molecule has 0 aliphatic rings. The van der Waals surface area contributed by atoms with Gasteiger partial charge in [-0.3, -0.25) is 18.7 Å². The second kappa shape index (κ2) is 8.92. The van der Waals surface area contributed by atoms with Crippen molar-refractivity contribution in [1.29, 1.82) is 0 Å². The summed E-state index contributed by atoms with van der Waals surface area (Å²) < 4.78 is 67.2. The summed E-state index contributed by atoms with van der Waals surface area (Å²) in [7, 11) is -8.25. The van der Waals surface area contributed by atoms with Crippen LogP contribution in [0.5, 0.6) is 0 Å². The Hall–Kier alpha value is -1.24. The number of carbonyl (C=O) groups excluding carboxylic acids is 2. The summed E-state index contributed by atoms with van der Waals surface area (Å²) in [6.45, 7) is -0.566. The molecule has 0 aromatic heterocycles. The van der Waals surface area contributed by atoms with E-state index in [9.17, 15) is 26.4 Å². The molecule has 0 aliphatic heterocycles. The van der Waals surface area contributed by atoms with Gasteiger partial charge in [0.1, 0.15) is 6.42 Å². The zero-order valence-electron chi connectivity index (χ0n) is 10.9. The summed E-state index contributed by atoms with van der Waals surface area (Å²) in [5, 5.41) is 0. The highest BCUT2D eigenvalue weighted by molar-refractivity contribution is 7.86. The lowest BCUT2D eigenvalue weighted by Crippen LogP contribution is -2.17. The molecule has 0 heterocycles. The first-order chi connectivity index (χ1) is 9.49. The van der Waals surface area contributed by atoms with Gasteiger partial charge in [0.05, 0.1) is 24.7 Å². The van der Waals surface area contributed by atoms with Crippen LogP contribution in [0.25, 0.3) is 0 Å². The summed E-state index contributed by atoms with van der Waals surface area (Å²) in [6, 6.07) is 0. The molecule has 0 rings (SSSR count). The number of esters is 2. The molecule has 0 aliphatic carbocycles. The molecule has 0 amide bonds. The van der Waals surface area contributed by atoms with Crippen molar-refractivity contribution in [2.45, 2.75) is 19.3 Å². The molecule has 0 aromatic carbocycles. The van der Waals surface area contributed by atoms with E-state index >= 15 is 0 Å². The lowest BCUT2D eigenvalue weighted by molar-refractivity contribution is -0.154. The van der Waals surface area contributed by atoms with Crippen LogP contribution in [0.3, 0.4) is 0 Å². The van der Waals surface area contributed by atoms with Gasteiger partial charge in [-0.15, -0.1) is 0 Å². The summed E-state index contributed by atoms with van der Waals surface area (Å²) in [6.07, 6.45) is -0.945. The first kappa shape index (κ1) is 19.8. The Labute approximate surface area is 121 Å². The topological polar surface area (TPSA) is 161 Å². The second-order valence-electron chi connectivity index (χ2n) is 3.90. The van der Waals surface area contributed by atoms with Gasteiger partial charge in [-0.2, -0.15) is 16.8 Å². The normalized spacial score (nSPS) is 11.9. The SMILES string of the molecule is O=C(CC(=O)OCCCS(=O)(=O)O)OCCCS(=O)(=O)O. The van der Waals surface area contributed by atoms with Gasteiger partial charge in [-0.05, 0) is 12.8 Å². The fraction of sp³-hybridized carbons (Fsp3) is 0.778. The fourth-order valence-corrected chi connectivity index (χ4v) is 2.04. The molecule has 2 N–H and O–H groups in total. The van der Waals surface area contributed by atoms with Crippen molar-refractivity contribution >= 4 is 32.2 Å². The minimum Gasteiger partial charge on any atom is -0.465 e. The average molecular weight is 348 g/mol. The van der Waals surface area contributed by atoms with Gasteiger partial charge < -0.3 is 9.47 Å². The Bertz CT molecular complexity index is 497. The van der Waals surface area contributed by atoms with E-state index < -0.39 is 50.1 Å². The Kier molecular flexibility index (Phi) is 8.39. The van der Waals surface area contributed by atoms with Gasteiger partial charge in [0.15, 0.2) is 0 Å². The molecule has 0 unspecified atom stereocenters. The van der Waals surface area contributed by atoms with Crippen LogP contribution in [-0.4, -0.2) is 62.6 Å². The maximum Gasteiger partial charge on any atom is 0.317 e. The van der Waals surface area contributed by atoms with E-state index in [1.165, 1.54) is 0 Å². The Morgan fingerprint density at radius 2 is 1.10 bits per heavy atom. The van der Waals surface area contributed by atoms with Crippen LogP contribution in [0, 0.1) is 0 Å². The molecule has 12 heteroatoms. The molecule has 0 saturated carbocycles. The van der Waals surface area contributed by atoms with Crippen LogP contribution >= 0.6 is 0 Å². The molecule has 0 radical (unpaired) electrons. The molecule has 0 spiro atoms. The van der Waals surface area contributed by atoms with Crippen molar-refractivity contribution in [3.8, 4) is 0 Å². The molecule has 124 valence electrons. The van der Waals surface area contributed by atoms with Gasteiger partial charge in [-0.1, -0.05) is 0 Å². The second-order valence-corrected chi connectivity index (χ2v) is 7.04. The number of hydrogen-bond donors (Lipinski definition) is 2. The third-order valence-electron chi connectivity index (χ3n) is 1.91. The summed E-state index contributed by atoms with van der Waals surface area (Å²) >= 11 is 0. The van der Waals surface area contributed by atoms with Gasteiger partial charge in [-0.25, -0.2) is 0 Å². The minimum absolute atomic E-state index is 0.117. The molecule has 0 aromatic rings. The van der Waals surface area contributed by atoms with Crippen molar-refractivity contribution in [2.24, 2.45) is 0 Å². The predicted molar refractivity (Wildman–Crippen MR) is 68.6 cm³/mol. The molecule has 0 saturated heterocycles. The van der Waals surface area contributed by atoms with Crippen molar-refractivity contribution in [3.05, 3.63) is 0 Å². The minimum atomic E-state index is -4.12. The number of ether oxygens (including phenoxy) is 2. The smallest absolute Gasteiger partial charge is 0.317 e. The maximum atomic E-state index is 11.1. The summed E-state index contributed by atoms with van der Waals surface area (Å²) in [5.41, 5.74) is 0. The lowest BCUT2D eigenvalue weighted by atomic mass is 10.4. The third kappa shape index (κ3) is 15.0. The van der Waals surface area contributed by atoms with Crippen LogP contribution in [-0.2, 0) is 39.3 Å². The maximum absolute atomic E-state index is 11.1. The standard InChI is InChI=1S/C9H16O10S2/c10-8(18-3-1-5-20(12,13)14)7-9(11)19-4-2-6-21(15,16)17/h1-7H2,(H,12,13,14)(H,15,16,17). The van der Waals surface area contributed by atoms with E-state index in [-0.39, 0.29) is 26.1 Å². The number of carbonyl (C=O) groups is 2. The van der Waals surface area contributed by atoms with Crippen molar-refractivity contribution in [2.75, 3.05) is 24.7 Å². The highest BCUT2D eigenvalue weighted by atomic mass is 32.2. The van der Waals surface area contributed by atoms with Crippen LogP contribution in [0.1, 0.15) is 19.3 Å². The Morgan fingerprint density at radius 3 is 1.38 bits per heavy atom. The van der Waals surface area contributed by atoms with Crippen molar-refractivity contribution in [1.82, 2.24) is 0 Å². The van der Waals surface area contributed by atoms with Gasteiger partial charge in [0.2, 0.25) is 0 Å². The Balaban J connectivity index is 3.73. The monoisotopic (exact) mass is 348 g/mol. The van der Waals surface area contributed by atoms with E-state index in [4.69, 9.17) is 9.11 Å². The van der Waals surface area contributed by atoms with Gasteiger partial charge in [0.25, 0.3) is 20.2 Å². The van der Waals surface area contributed by atoms with Crippen LogP contribution in [0.15, 0.2) is 0 Å². The zero-order valence-corrected chi connectivity index (χ0v) is 12.6. The molecule has 0 atom stereocenters. The molecule has 0 bridgehead atoms. The molecular formula is C9H16O10S2. The molecule has 21 heavy (non-hydrogen) atoms. The van der Waals surface area contributed by atoms with Gasteiger partial charge >= 0.3 is 11.9 Å². The molecule has 0 fully saturated rings. The van der Waals surface area contributed by atoms with E-state index in [1.54, 1.807) is 0 Å². The highest BCUT2D eigenvalue weighted by Crippen LogP contribution is 1.96. The first-order valence-corrected chi connectivity index (χ1v) is 8.93. The zero-order chi connectivity index (χ0) is 16.5. The van der Waals surface area contributed by atoms with Crippen LogP contribution < -0.4 is 0 Å². The lowest BCUT2D eigenvalue weighted by Gasteiger charge is -2.05. The van der Waals surface area contributed by atoms with E-state index in [2.05, 4.69) is 9.47 Å². The first-order valence-electron chi connectivity index (χ1n) is 5.71. The highest BCUT2D eigenvalue weighted by Gasteiger charge is 2.13. The van der Waals surface area contributed by atoms with E-state index in [1.807, 2.05) is 0 Å². The van der Waals surface area contributed by atoms with Gasteiger partial charge in [0, 0.05) is 0 Å². The summed E-state index contributed by atoms with van der Waals surface area (Å²) in [4.78, 5) is 22.2. The number of hydrogen-bond acceptors (Lipinski definition) is 8. The van der Waals surface area contributed by atoms with Crippen LogP contribution in [0.2, 0.25) is 0 Å². The van der Waals surface area contributed by atoms with E-state index in [0.717, 1.165) is 0 Å². The molecule has 10 nitrogen and oxygen atoms in total. The largest absolute Gasteiger partial charge is 0.465 e. The molecular weight excluding hydrogens is 332 g/mol. The predicted octanol–water partition coefficient (Wildman–Crippen LogP) is -0.981. The quantitative estimate of drug-likeness (QED) is 0.217. The Morgan fingerprint density at radius 1 is 0.762 bits per heavy atom. The van der Waals surface area contributed by atoms with Crippen molar-refractivity contribution in [3.63, 3.8) is 0 Å². The van der Waals surface area contributed by atoms with E-state index in [0.29, 0.717) is 0 Å². The summed E-state index contributed by atoms with van der Waals surface area (Å²) in [5.74, 6) is -3.02. The third-order valence-corrected chi connectivity index (χ3v) is 3.52. The van der Waals surface area contributed by atoms with Crippen molar-refractivity contribution < 1.29 is 45.0 Å². The van der Waals surface area contributed by atoms with Crippen LogP contribution in [0.4, 0.5) is 0 Å².